The van der Waals surface area contributed by atoms with Crippen molar-refractivity contribution < 1.29 is 9.13 Å². The van der Waals surface area contributed by atoms with E-state index in [1.807, 2.05) is 6.92 Å². The Balaban J connectivity index is 2.24. The molecule has 5 nitrogen and oxygen atoms in total. The summed E-state index contributed by atoms with van der Waals surface area (Å²) in [6.45, 7) is 2.67. The molecule has 1 aromatic heterocycles. The number of rotatable bonds is 5. The summed E-state index contributed by atoms with van der Waals surface area (Å²) >= 11 is 11.5. The number of nitrogens with two attached hydrogens (primary N) is 1. The Hall–Kier alpha value is -1.63. The number of halogens is 3. The van der Waals surface area contributed by atoms with Crippen molar-refractivity contribution in [2.45, 2.75) is 13.5 Å². The minimum absolute atomic E-state index is 0.0819. The second kappa shape index (κ2) is 6.89. The van der Waals surface area contributed by atoms with Crippen LogP contribution in [0, 0.1) is 5.82 Å². The molecule has 8 heteroatoms. The number of hydrogen-bond acceptors (Lipinski definition) is 5. The number of nitrogens with one attached hydrogen (secondary N) is 1. The molecule has 2 aromatic rings. The molecule has 0 bridgehead atoms. The van der Waals surface area contributed by atoms with Crippen LogP contribution in [0.5, 0.6) is 0 Å². The number of ether oxygens (including phenoxy) is 1. The van der Waals surface area contributed by atoms with Crippen molar-refractivity contribution >= 4 is 40.5 Å². The van der Waals surface area contributed by atoms with Crippen LogP contribution in [0.4, 0.5) is 21.7 Å². The van der Waals surface area contributed by atoms with Crippen LogP contribution in [0.1, 0.15) is 12.7 Å². The van der Waals surface area contributed by atoms with Gasteiger partial charge in [0, 0.05) is 18.4 Å². The highest BCUT2D eigenvalue weighted by atomic mass is 35.5. The Labute approximate surface area is 131 Å². The van der Waals surface area contributed by atoms with Gasteiger partial charge in [-0.25, -0.2) is 14.4 Å². The minimum Gasteiger partial charge on any atom is -0.384 e. The fraction of sp³-hybridized carbons (Fsp3) is 0.231. The number of aromatic nitrogens is 2. The van der Waals surface area contributed by atoms with Gasteiger partial charge in [0.25, 0.3) is 0 Å². The van der Waals surface area contributed by atoms with Crippen molar-refractivity contribution in [3.63, 3.8) is 0 Å². The van der Waals surface area contributed by atoms with E-state index in [1.54, 1.807) is 6.07 Å². The maximum atomic E-state index is 13.4. The molecule has 112 valence electrons. The summed E-state index contributed by atoms with van der Waals surface area (Å²) in [5.41, 5.74) is 6.20. The molecule has 2 rings (SSSR count). The summed E-state index contributed by atoms with van der Waals surface area (Å²) in [4.78, 5) is 8.29. The van der Waals surface area contributed by atoms with E-state index >= 15 is 0 Å². The van der Waals surface area contributed by atoms with Crippen LogP contribution < -0.4 is 11.1 Å². The van der Waals surface area contributed by atoms with Crippen LogP contribution in [0.2, 0.25) is 10.0 Å². The van der Waals surface area contributed by atoms with E-state index in [-0.39, 0.29) is 16.7 Å². The van der Waals surface area contributed by atoms with Crippen LogP contribution in [0.25, 0.3) is 0 Å². The molecule has 1 heterocycles. The molecule has 0 aliphatic rings. The number of nitrogens with zero attached hydrogens (tertiary/aromatic N) is 2. The standard InChI is InChI=1S/C13H13Cl2FN4O/c1-2-21-6-12-19-10(17)5-11(20-12)18-7-3-8(14)13(16)9(15)4-7/h3-5H,2,6H2,1H3,(H3,17,18,19,20). The normalized spacial score (nSPS) is 10.7. The first-order valence-electron chi connectivity index (χ1n) is 6.12. The monoisotopic (exact) mass is 330 g/mol. The number of nitrogen functional groups attached to an aromatic ring is 1. The van der Waals surface area contributed by atoms with Gasteiger partial charge in [-0.05, 0) is 19.1 Å². The van der Waals surface area contributed by atoms with Crippen LogP contribution >= 0.6 is 23.2 Å². The van der Waals surface area contributed by atoms with Crippen molar-refractivity contribution in [3.8, 4) is 0 Å². The molecular weight excluding hydrogens is 318 g/mol. The van der Waals surface area contributed by atoms with Crippen molar-refractivity contribution in [2.24, 2.45) is 0 Å². The summed E-state index contributed by atoms with van der Waals surface area (Å²) in [6.07, 6.45) is 0. The van der Waals surface area contributed by atoms with Gasteiger partial charge < -0.3 is 15.8 Å². The smallest absolute Gasteiger partial charge is 0.160 e. The molecule has 0 radical (unpaired) electrons. The maximum Gasteiger partial charge on any atom is 0.160 e. The zero-order valence-electron chi connectivity index (χ0n) is 11.2. The number of hydrogen-bond donors (Lipinski definition) is 2. The highest BCUT2D eigenvalue weighted by Gasteiger charge is 2.09. The van der Waals surface area contributed by atoms with E-state index in [1.165, 1.54) is 12.1 Å². The maximum absolute atomic E-state index is 13.4. The third-order valence-electron chi connectivity index (χ3n) is 2.48. The molecule has 0 amide bonds. The van der Waals surface area contributed by atoms with Crippen molar-refractivity contribution in [3.05, 3.63) is 39.9 Å². The molecule has 1 aromatic carbocycles. The zero-order valence-corrected chi connectivity index (χ0v) is 12.7. The highest BCUT2D eigenvalue weighted by molar-refractivity contribution is 6.35. The second-order valence-electron chi connectivity index (χ2n) is 4.11. The third kappa shape index (κ3) is 4.17. The highest BCUT2D eigenvalue weighted by Crippen LogP contribution is 2.28. The van der Waals surface area contributed by atoms with E-state index < -0.39 is 5.82 Å². The Morgan fingerprint density at radius 2 is 1.90 bits per heavy atom. The Morgan fingerprint density at radius 1 is 1.24 bits per heavy atom. The van der Waals surface area contributed by atoms with Gasteiger partial charge in [0.15, 0.2) is 11.6 Å². The molecule has 0 atom stereocenters. The first-order valence-corrected chi connectivity index (χ1v) is 6.88. The number of anilines is 3. The van der Waals surface area contributed by atoms with E-state index in [0.29, 0.717) is 29.8 Å². The van der Waals surface area contributed by atoms with Gasteiger partial charge in [-0.1, -0.05) is 23.2 Å². The van der Waals surface area contributed by atoms with Gasteiger partial charge in [-0.3, -0.25) is 0 Å². The van der Waals surface area contributed by atoms with Crippen molar-refractivity contribution in [1.29, 1.82) is 0 Å². The van der Waals surface area contributed by atoms with E-state index in [9.17, 15) is 4.39 Å². The second-order valence-corrected chi connectivity index (χ2v) is 4.92. The average Bonchev–Trinajstić information content (AvgIpc) is 2.42. The van der Waals surface area contributed by atoms with Gasteiger partial charge in [-0.15, -0.1) is 0 Å². The van der Waals surface area contributed by atoms with Crippen molar-refractivity contribution in [1.82, 2.24) is 9.97 Å². The largest absolute Gasteiger partial charge is 0.384 e. The SMILES string of the molecule is CCOCc1nc(N)cc(Nc2cc(Cl)c(F)c(Cl)c2)n1. The molecule has 0 aliphatic carbocycles. The van der Waals surface area contributed by atoms with Crippen LogP contribution in [0.3, 0.4) is 0 Å². The Bertz CT molecular complexity index is 631. The molecule has 21 heavy (non-hydrogen) atoms. The predicted octanol–water partition coefficient (Wildman–Crippen LogP) is 3.78. The third-order valence-corrected chi connectivity index (χ3v) is 3.03. The molecule has 0 spiro atoms. The molecule has 0 unspecified atom stereocenters. The van der Waals surface area contributed by atoms with Gasteiger partial charge in [0.2, 0.25) is 0 Å². The van der Waals surface area contributed by atoms with E-state index in [4.69, 9.17) is 33.7 Å². The lowest BCUT2D eigenvalue weighted by Crippen LogP contribution is -2.05. The molecular formula is C13H13Cl2FN4O. The molecule has 0 saturated heterocycles. The first kappa shape index (κ1) is 15.8. The quantitative estimate of drug-likeness (QED) is 0.816. The Kier molecular flexibility index (Phi) is 5.17. The summed E-state index contributed by atoms with van der Waals surface area (Å²) < 4.78 is 18.6. The van der Waals surface area contributed by atoms with Gasteiger partial charge in [0.05, 0.1) is 10.0 Å². The minimum atomic E-state index is -0.664. The summed E-state index contributed by atoms with van der Waals surface area (Å²) in [5, 5.41) is 2.78. The summed E-state index contributed by atoms with van der Waals surface area (Å²) in [7, 11) is 0. The zero-order chi connectivity index (χ0) is 15.4. The van der Waals surface area contributed by atoms with Crippen LogP contribution in [-0.2, 0) is 11.3 Å². The average molecular weight is 331 g/mol. The predicted molar refractivity (Wildman–Crippen MR) is 81.5 cm³/mol. The van der Waals surface area contributed by atoms with Crippen LogP contribution in [-0.4, -0.2) is 16.6 Å². The van der Waals surface area contributed by atoms with Crippen LogP contribution in [0.15, 0.2) is 18.2 Å². The van der Waals surface area contributed by atoms with Gasteiger partial charge in [-0.2, -0.15) is 0 Å². The summed E-state index contributed by atoms with van der Waals surface area (Å²) in [5.74, 6) is 0.513. The lowest BCUT2D eigenvalue weighted by Gasteiger charge is -2.10. The molecule has 0 saturated carbocycles. The Morgan fingerprint density at radius 3 is 2.52 bits per heavy atom. The first-order chi connectivity index (χ1) is 9.99. The van der Waals surface area contributed by atoms with E-state index in [2.05, 4.69) is 15.3 Å². The lowest BCUT2D eigenvalue weighted by molar-refractivity contribution is 0.128. The van der Waals surface area contributed by atoms with Gasteiger partial charge in [0.1, 0.15) is 18.2 Å². The fourth-order valence-electron chi connectivity index (χ4n) is 1.62. The molecule has 0 fully saturated rings. The van der Waals surface area contributed by atoms with E-state index in [0.717, 1.165) is 0 Å². The number of benzene rings is 1. The molecule has 0 aliphatic heterocycles. The van der Waals surface area contributed by atoms with Gasteiger partial charge >= 0.3 is 0 Å². The fourth-order valence-corrected chi connectivity index (χ4v) is 2.10. The topological polar surface area (TPSA) is 73.1 Å². The van der Waals surface area contributed by atoms with Crippen molar-refractivity contribution in [2.75, 3.05) is 17.7 Å². The lowest BCUT2D eigenvalue weighted by atomic mass is 10.3. The summed E-state index contributed by atoms with van der Waals surface area (Å²) in [6, 6.07) is 4.35. The molecule has 3 N–H and O–H groups in total.